The molecule has 0 saturated heterocycles. The number of hydrogen-bond donors (Lipinski definition) is 1. The van der Waals surface area contributed by atoms with Crippen LogP contribution in [0.25, 0.3) is 0 Å². The van der Waals surface area contributed by atoms with Gasteiger partial charge < -0.3 is 15.1 Å². The molecule has 6 heteroatoms. The lowest BCUT2D eigenvalue weighted by molar-refractivity contribution is -0.139. The van der Waals surface area contributed by atoms with Crippen LogP contribution in [0.5, 0.6) is 0 Å². The van der Waals surface area contributed by atoms with Gasteiger partial charge in [-0.2, -0.15) is 0 Å². The molecule has 0 radical (unpaired) electrons. The molecule has 0 fully saturated rings. The molecule has 33 heavy (non-hydrogen) atoms. The topological polar surface area (TPSA) is 52.7 Å². The summed E-state index contributed by atoms with van der Waals surface area (Å²) in [6.07, 6.45) is 1.65. The van der Waals surface area contributed by atoms with E-state index in [2.05, 4.69) is 39.9 Å². The molecule has 0 spiro atoms. The van der Waals surface area contributed by atoms with E-state index < -0.39 is 0 Å². The smallest absolute Gasteiger partial charge is 0.257 e. The Morgan fingerprint density at radius 1 is 1.00 bits per heavy atom. The van der Waals surface area contributed by atoms with E-state index in [1.54, 1.807) is 24.3 Å². The van der Waals surface area contributed by atoms with Crippen LogP contribution in [0.2, 0.25) is 5.02 Å². The van der Waals surface area contributed by atoms with Crippen molar-refractivity contribution >= 4 is 34.8 Å². The number of hydrogen-bond acceptors (Lipinski definition) is 3. The summed E-state index contributed by atoms with van der Waals surface area (Å²) in [6, 6.07) is 12.9. The molecule has 0 aromatic heterocycles. The number of rotatable bonds is 10. The fourth-order valence-electron chi connectivity index (χ4n) is 3.91. The lowest BCUT2D eigenvalue weighted by Gasteiger charge is -2.35. The number of carbonyl (C=O) groups excluding carboxylic acids is 2. The van der Waals surface area contributed by atoms with Crippen LogP contribution in [-0.4, -0.2) is 36.9 Å². The van der Waals surface area contributed by atoms with Gasteiger partial charge in [0, 0.05) is 44.0 Å². The van der Waals surface area contributed by atoms with Crippen LogP contribution < -0.4 is 10.2 Å². The summed E-state index contributed by atoms with van der Waals surface area (Å²) < 4.78 is 0. The maximum absolute atomic E-state index is 13.5. The van der Waals surface area contributed by atoms with Crippen molar-refractivity contribution in [2.45, 2.75) is 60.0 Å². The van der Waals surface area contributed by atoms with Crippen LogP contribution in [0, 0.1) is 11.8 Å². The quantitative estimate of drug-likeness (QED) is 0.432. The molecule has 0 bridgehead atoms. The zero-order valence-corrected chi connectivity index (χ0v) is 21.7. The van der Waals surface area contributed by atoms with Gasteiger partial charge in [0.25, 0.3) is 5.91 Å². The van der Waals surface area contributed by atoms with Gasteiger partial charge in [0.05, 0.1) is 10.6 Å². The lowest BCUT2D eigenvalue weighted by atomic mass is 9.97. The summed E-state index contributed by atoms with van der Waals surface area (Å²) in [5.74, 6) is 0.271. The van der Waals surface area contributed by atoms with Gasteiger partial charge in [-0.15, -0.1) is 0 Å². The van der Waals surface area contributed by atoms with Crippen molar-refractivity contribution in [3.63, 3.8) is 0 Å². The van der Waals surface area contributed by atoms with Crippen molar-refractivity contribution in [1.82, 2.24) is 4.90 Å². The van der Waals surface area contributed by atoms with Gasteiger partial charge in [-0.05, 0) is 61.6 Å². The second kappa shape index (κ2) is 12.1. The predicted molar refractivity (Wildman–Crippen MR) is 139 cm³/mol. The number of halogens is 1. The first-order valence-corrected chi connectivity index (χ1v) is 12.1. The summed E-state index contributed by atoms with van der Waals surface area (Å²) in [5.41, 5.74) is 3.11. The molecule has 1 N–H and O–H groups in total. The summed E-state index contributed by atoms with van der Waals surface area (Å²) >= 11 is 6.20. The third kappa shape index (κ3) is 6.73. The van der Waals surface area contributed by atoms with Crippen molar-refractivity contribution in [3.8, 4) is 0 Å². The molecule has 180 valence electrons. The lowest BCUT2D eigenvalue weighted by Crippen LogP contribution is -2.44. The zero-order chi connectivity index (χ0) is 24.7. The molecule has 2 rings (SSSR count). The average Bonchev–Trinajstić information content (AvgIpc) is 2.77. The minimum Gasteiger partial charge on any atom is -0.377 e. The molecule has 2 amide bonds. The molecular weight excluding hydrogens is 434 g/mol. The first kappa shape index (κ1) is 26.7. The molecular formula is C27H38ClN3O2. The van der Waals surface area contributed by atoms with E-state index in [4.69, 9.17) is 11.6 Å². The highest BCUT2D eigenvalue weighted by Crippen LogP contribution is 2.28. The van der Waals surface area contributed by atoms with E-state index in [0.29, 0.717) is 28.7 Å². The number of benzene rings is 2. The summed E-state index contributed by atoms with van der Waals surface area (Å²) in [7, 11) is 3.97. The van der Waals surface area contributed by atoms with Gasteiger partial charge >= 0.3 is 0 Å². The Kier molecular flexibility index (Phi) is 9.78. The van der Waals surface area contributed by atoms with Crippen LogP contribution in [-0.2, 0) is 11.3 Å². The zero-order valence-electron chi connectivity index (χ0n) is 21.0. The fourth-order valence-corrected chi connectivity index (χ4v) is 4.13. The van der Waals surface area contributed by atoms with Crippen LogP contribution in [0.3, 0.4) is 0 Å². The van der Waals surface area contributed by atoms with Crippen molar-refractivity contribution in [1.29, 1.82) is 0 Å². The van der Waals surface area contributed by atoms with E-state index >= 15 is 0 Å². The van der Waals surface area contributed by atoms with E-state index in [-0.39, 0.29) is 23.8 Å². The van der Waals surface area contributed by atoms with Crippen LogP contribution in [0.1, 0.15) is 63.4 Å². The Morgan fingerprint density at radius 3 is 2.18 bits per heavy atom. The number of nitrogens with zero attached hydrogens (tertiary/aromatic N) is 2. The van der Waals surface area contributed by atoms with Crippen LogP contribution in [0.15, 0.2) is 42.5 Å². The number of carbonyl (C=O) groups is 2. The van der Waals surface area contributed by atoms with E-state index in [9.17, 15) is 9.59 Å². The standard InChI is InChI=1S/C27H38ClN3O2/c1-8-20(9-2)27(33)31(19(5)18(3)4)17-21-16-22(14-15-25(21)30(6)7)29-26(32)23-12-10-11-13-24(23)28/h10-16,18-20H,8-9,17H2,1-7H3,(H,29,32). The van der Waals surface area contributed by atoms with Crippen molar-refractivity contribution < 1.29 is 9.59 Å². The monoisotopic (exact) mass is 471 g/mol. The molecule has 5 nitrogen and oxygen atoms in total. The van der Waals surface area contributed by atoms with Gasteiger partial charge in [-0.25, -0.2) is 0 Å². The van der Waals surface area contributed by atoms with Gasteiger partial charge in [0.1, 0.15) is 0 Å². The molecule has 0 heterocycles. The third-order valence-corrected chi connectivity index (χ3v) is 6.68. The number of nitrogens with one attached hydrogen (secondary N) is 1. The normalized spacial score (nSPS) is 12.1. The van der Waals surface area contributed by atoms with Gasteiger partial charge in [0.2, 0.25) is 5.91 Å². The Morgan fingerprint density at radius 2 is 1.64 bits per heavy atom. The molecule has 1 atom stereocenters. The van der Waals surface area contributed by atoms with Crippen LogP contribution >= 0.6 is 11.6 Å². The van der Waals surface area contributed by atoms with Crippen molar-refractivity contribution in [3.05, 3.63) is 58.6 Å². The molecule has 2 aromatic rings. The molecule has 0 aliphatic rings. The largest absolute Gasteiger partial charge is 0.377 e. The minimum absolute atomic E-state index is 0.0112. The maximum Gasteiger partial charge on any atom is 0.257 e. The van der Waals surface area contributed by atoms with Gasteiger partial charge in [0.15, 0.2) is 0 Å². The molecule has 0 saturated carbocycles. The van der Waals surface area contributed by atoms with E-state index in [1.165, 1.54) is 0 Å². The van der Waals surface area contributed by atoms with Crippen LogP contribution in [0.4, 0.5) is 11.4 Å². The Bertz CT molecular complexity index is 954. The molecule has 2 aromatic carbocycles. The molecule has 0 aliphatic heterocycles. The van der Waals surface area contributed by atoms with Crippen molar-refractivity contribution in [2.75, 3.05) is 24.3 Å². The first-order chi connectivity index (χ1) is 15.6. The summed E-state index contributed by atoms with van der Waals surface area (Å²) in [4.78, 5) is 30.3. The third-order valence-electron chi connectivity index (χ3n) is 6.35. The highest BCUT2D eigenvalue weighted by molar-refractivity contribution is 6.34. The Hall–Kier alpha value is -2.53. The predicted octanol–water partition coefficient (Wildman–Crippen LogP) is 6.47. The Balaban J connectivity index is 2.41. The maximum atomic E-state index is 13.5. The average molecular weight is 472 g/mol. The van der Waals surface area contributed by atoms with Gasteiger partial charge in [-0.1, -0.05) is 51.4 Å². The number of anilines is 2. The van der Waals surface area contributed by atoms with Gasteiger partial charge in [-0.3, -0.25) is 9.59 Å². The first-order valence-electron chi connectivity index (χ1n) is 11.8. The number of amides is 2. The highest BCUT2D eigenvalue weighted by atomic mass is 35.5. The second-order valence-electron chi connectivity index (χ2n) is 9.14. The SMILES string of the molecule is CCC(CC)C(=O)N(Cc1cc(NC(=O)c2ccccc2Cl)ccc1N(C)C)C(C)C(C)C. The van der Waals surface area contributed by atoms with E-state index in [0.717, 1.165) is 24.1 Å². The van der Waals surface area contributed by atoms with Crippen molar-refractivity contribution in [2.24, 2.45) is 11.8 Å². The molecule has 0 aliphatic carbocycles. The fraction of sp³-hybridized carbons (Fsp3) is 0.481. The second-order valence-corrected chi connectivity index (χ2v) is 9.54. The molecule has 1 unspecified atom stereocenters. The minimum atomic E-state index is -0.260. The summed E-state index contributed by atoms with van der Waals surface area (Å²) in [6.45, 7) is 11.0. The highest BCUT2D eigenvalue weighted by Gasteiger charge is 2.28. The Labute approximate surface area is 204 Å². The summed E-state index contributed by atoms with van der Waals surface area (Å²) in [5, 5.41) is 3.37. The van der Waals surface area contributed by atoms with E-state index in [1.807, 2.05) is 42.1 Å².